The fraction of sp³-hybridized carbons (Fsp3) is 0.233. The number of halogens is 2. The highest BCUT2D eigenvalue weighted by Crippen LogP contribution is 2.42. The number of ether oxygens (including phenoxy) is 2. The molecule has 0 aliphatic carbocycles. The van der Waals surface area contributed by atoms with Gasteiger partial charge in [0.15, 0.2) is 5.82 Å². The van der Waals surface area contributed by atoms with E-state index in [0.29, 0.717) is 34.4 Å². The average molecular weight is 625 g/mol. The smallest absolute Gasteiger partial charge is 0.412 e. The van der Waals surface area contributed by atoms with Gasteiger partial charge in [-0.05, 0) is 74.8 Å². The number of hydrogen-bond donors (Lipinski definition) is 3. The second-order valence-electron chi connectivity index (χ2n) is 10.0. The van der Waals surface area contributed by atoms with Crippen molar-refractivity contribution in [2.45, 2.75) is 26.4 Å². The predicted molar refractivity (Wildman–Crippen MR) is 167 cm³/mol. The number of anilines is 2. The van der Waals surface area contributed by atoms with Gasteiger partial charge >= 0.3 is 12.2 Å². The van der Waals surface area contributed by atoms with Crippen LogP contribution in [0.1, 0.15) is 20.8 Å². The maximum atomic E-state index is 15.7. The lowest BCUT2D eigenvalue weighted by Gasteiger charge is -2.19. The van der Waals surface area contributed by atoms with E-state index in [0.717, 1.165) is 11.3 Å². The molecule has 0 radical (unpaired) electrons. The van der Waals surface area contributed by atoms with E-state index in [1.807, 2.05) is 24.3 Å². The fourth-order valence-electron chi connectivity index (χ4n) is 3.77. The van der Waals surface area contributed by atoms with Crippen molar-refractivity contribution >= 4 is 46.5 Å². The molecule has 2 aromatic heterocycles. The summed E-state index contributed by atoms with van der Waals surface area (Å²) < 4.78 is 25.9. The summed E-state index contributed by atoms with van der Waals surface area (Å²) in [6, 6.07) is 13.8. The van der Waals surface area contributed by atoms with Crippen molar-refractivity contribution in [1.29, 1.82) is 0 Å². The van der Waals surface area contributed by atoms with Crippen LogP contribution in [-0.2, 0) is 9.47 Å². The van der Waals surface area contributed by atoms with E-state index in [4.69, 9.17) is 26.1 Å². The Morgan fingerprint density at radius 2 is 1.84 bits per heavy atom. The van der Waals surface area contributed by atoms with Gasteiger partial charge in [-0.2, -0.15) is 0 Å². The zero-order valence-electron chi connectivity index (χ0n) is 23.7. The summed E-state index contributed by atoms with van der Waals surface area (Å²) in [7, 11) is 0. The molecule has 4 rings (SSSR count). The molecule has 0 saturated carbocycles. The number of benzene rings is 2. The average Bonchev–Trinajstić information content (AvgIpc) is 3.40. The lowest BCUT2D eigenvalue weighted by Crippen LogP contribution is -2.34. The molecule has 10 nitrogen and oxygen atoms in total. The molecule has 2 heterocycles. The van der Waals surface area contributed by atoms with Crippen molar-refractivity contribution in [3.8, 4) is 32.4 Å². The topological polar surface area (TPSA) is 127 Å². The van der Waals surface area contributed by atoms with Crippen LogP contribution in [-0.4, -0.2) is 52.4 Å². The van der Waals surface area contributed by atoms with Gasteiger partial charge in [0, 0.05) is 36.1 Å². The number of amides is 2. The maximum Gasteiger partial charge on any atom is 0.412 e. The first-order chi connectivity index (χ1) is 20.5. The molecule has 13 heteroatoms. The summed E-state index contributed by atoms with van der Waals surface area (Å²) in [5, 5.41) is 9.00. The molecular formula is C30H30ClFN6O4S. The van der Waals surface area contributed by atoms with E-state index in [2.05, 4.69) is 32.5 Å². The number of thiazole rings is 1. The van der Waals surface area contributed by atoms with Crippen molar-refractivity contribution < 1.29 is 23.5 Å². The van der Waals surface area contributed by atoms with Crippen molar-refractivity contribution in [2.24, 2.45) is 0 Å². The van der Waals surface area contributed by atoms with Crippen molar-refractivity contribution in [2.75, 3.05) is 30.3 Å². The van der Waals surface area contributed by atoms with Gasteiger partial charge in [0.2, 0.25) is 5.28 Å². The highest BCUT2D eigenvalue weighted by molar-refractivity contribution is 7.18. The quantitative estimate of drug-likeness (QED) is 0.0946. The number of nitrogens with one attached hydrogen (secondary N) is 3. The largest absolute Gasteiger partial charge is 0.445 e. The van der Waals surface area contributed by atoms with Crippen LogP contribution >= 0.6 is 22.9 Å². The molecule has 0 aliphatic rings. The molecule has 43 heavy (non-hydrogen) atoms. The molecule has 4 aromatic rings. The third-order valence-electron chi connectivity index (χ3n) is 5.56. The van der Waals surface area contributed by atoms with Crippen LogP contribution in [0.3, 0.4) is 0 Å². The Kier molecular flexibility index (Phi) is 10.3. The van der Waals surface area contributed by atoms with E-state index in [-0.39, 0.29) is 23.1 Å². The van der Waals surface area contributed by atoms with Gasteiger partial charge in [-0.25, -0.2) is 28.9 Å². The lowest BCUT2D eigenvalue weighted by molar-refractivity contribution is 0.0530. The highest BCUT2D eigenvalue weighted by atomic mass is 35.5. The second kappa shape index (κ2) is 14.1. The van der Waals surface area contributed by atoms with E-state index in [9.17, 15) is 9.59 Å². The summed E-state index contributed by atoms with van der Waals surface area (Å²) in [6.45, 7) is 9.76. The number of alkyl carbamates (subject to hydrolysis) is 1. The SMILES string of the molecule is C=CCOC(=O)Nc1cccc(-c2nc(-c3ccc(NCCNC(=O)OC(C)(C)C)cc3)sc2-c2ccnc(Cl)n2)c1F. The molecule has 0 aliphatic heterocycles. The minimum atomic E-state index is -0.813. The van der Waals surface area contributed by atoms with Gasteiger partial charge in [0.25, 0.3) is 0 Å². The summed E-state index contributed by atoms with van der Waals surface area (Å²) in [5.74, 6) is -0.684. The van der Waals surface area contributed by atoms with Gasteiger partial charge in [0.05, 0.1) is 22.0 Å². The minimum Gasteiger partial charge on any atom is -0.445 e. The van der Waals surface area contributed by atoms with E-state index in [1.165, 1.54) is 29.7 Å². The molecular weight excluding hydrogens is 595 g/mol. The fourth-order valence-corrected chi connectivity index (χ4v) is 4.97. The van der Waals surface area contributed by atoms with Crippen LogP contribution in [0.25, 0.3) is 32.4 Å². The zero-order chi connectivity index (χ0) is 31.0. The van der Waals surface area contributed by atoms with Crippen LogP contribution in [0.2, 0.25) is 5.28 Å². The molecule has 0 spiro atoms. The van der Waals surface area contributed by atoms with Crippen LogP contribution in [0, 0.1) is 5.82 Å². The van der Waals surface area contributed by atoms with Crippen LogP contribution in [0.15, 0.2) is 67.4 Å². The monoisotopic (exact) mass is 624 g/mol. The minimum absolute atomic E-state index is 0.0154. The molecule has 0 bridgehead atoms. The van der Waals surface area contributed by atoms with Crippen molar-refractivity contribution in [3.05, 3.63) is 78.5 Å². The number of nitrogens with zero attached hydrogens (tertiary/aromatic N) is 3. The Morgan fingerprint density at radius 3 is 2.53 bits per heavy atom. The first kappa shape index (κ1) is 31.4. The van der Waals surface area contributed by atoms with E-state index < -0.39 is 23.6 Å². The number of aromatic nitrogens is 3. The lowest BCUT2D eigenvalue weighted by atomic mass is 10.1. The number of carbonyl (C=O) groups is 2. The van der Waals surface area contributed by atoms with Gasteiger partial charge in [0.1, 0.15) is 17.2 Å². The van der Waals surface area contributed by atoms with Gasteiger partial charge < -0.3 is 20.1 Å². The highest BCUT2D eigenvalue weighted by Gasteiger charge is 2.22. The molecule has 0 unspecified atom stereocenters. The van der Waals surface area contributed by atoms with Gasteiger partial charge in [-0.1, -0.05) is 18.7 Å². The van der Waals surface area contributed by atoms with Crippen molar-refractivity contribution in [1.82, 2.24) is 20.3 Å². The third-order valence-corrected chi connectivity index (χ3v) is 6.87. The third kappa shape index (κ3) is 8.72. The van der Waals surface area contributed by atoms with Crippen LogP contribution in [0.4, 0.5) is 25.4 Å². The van der Waals surface area contributed by atoms with Crippen LogP contribution < -0.4 is 16.0 Å². The summed E-state index contributed by atoms with van der Waals surface area (Å²) in [5.41, 5.74) is 1.95. The first-order valence-electron chi connectivity index (χ1n) is 13.2. The molecule has 0 atom stereocenters. The molecule has 0 saturated heterocycles. The zero-order valence-corrected chi connectivity index (χ0v) is 25.3. The molecule has 2 aromatic carbocycles. The second-order valence-corrected chi connectivity index (χ2v) is 11.4. The number of hydrogen-bond acceptors (Lipinski definition) is 9. The Hall–Kier alpha value is -4.55. The first-order valence-corrected chi connectivity index (χ1v) is 14.4. The summed E-state index contributed by atoms with van der Waals surface area (Å²) in [4.78, 5) is 37.5. The Morgan fingerprint density at radius 1 is 1.07 bits per heavy atom. The molecule has 3 N–H and O–H groups in total. The summed E-state index contributed by atoms with van der Waals surface area (Å²) in [6.07, 6.45) is 1.63. The van der Waals surface area contributed by atoms with Crippen molar-refractivity contribution in [3.63, 3.8) is 0 Å². The van der Waals surface area contributed by atoms with Crippen LogP contribution in [0.5, 0.6) is 0 Å². The van der Waals surface area contributed by atoms with Gasteiger partial charge in [-0.15, -0.1) is 11.3 Å². The normalized spacial score (nSPS) is 11.0. The Bertz CT molecular complexity index is 1610. The maximum absolute atomic E-state index is 15.7. The van der Waals surface area contributed by atoms with Gasteiger partial charge in [-0.3, -0.25) is 5.32 Å². The number of carbonyl (C=O) groups excluding carboxylic acids is 2. The van der Waals surface area contributed by atoms with E-state index >= 15 is 4.39 Å². The number of rotatable bonds is 10. The molecule has 0 fully saturated rings. The predicted octanol–water partition coefficient (Wildman–Crippen LogP) is 7.40. The Balaban J connectivity index is 1.57. The Labute approximate surface area is 257 Å². The van der Waals surface area contributed by atoms with E-state index in [1.54, 1.807) is 39.0 Å². The molecule has 224 valence electrons. The standard InChI is InChI=1S/C30H30ClFN6O4S/c1-5-17-41-29(40)37-21-8-6-7-20(23(21)32)24-25(22-13-14-34-27(31)36-22)43-26(38-24)18-9-11-19(12-10-18)33-15-16-35-28(39)42-30(2,3)4/h5-14,33H,1,15-17H2,2-4H3,(H,35,39)(H,37,40). The summed E-state index contributed by atoms with van der Waals surface area (Å²) >= 11 is 7.38. The molecule has 2 amide bonds.